The van der Waals surface area contributed by atoms with E-state index in [2.05, 4.69) is 5.32 Å². The van der Waals surface area contributed by atoms with Crippen molar-refractivity contribution < 1.29 is 9.21 Å². The summed E-state index contributed by atoms with van der Waals surface area (Å²) in [6.07, 6.45) is 0. The van der Waals surface area contributed by atoms with Gasteiger partial charge in [-0.3, -0.25) is 14.3 Å². The molecular weight excluding hydrogens is 294 g/mol. The highest BCUT2D eigenvalue weighted by atomic mass is 16.3. The van der Waals surface area contributed by atoms with Gasteiger partial charge in [0, 0.05) is 7.05 Å². The van der Waals surface area contributed by atoms with E-state index in [4.69, 9.17) is 4.42 Å². The standard InChI is InChI=1S/C17H17N3O3/c1-11-9-10-14(23-11)16(21)18-15-12(2)19(3)20(17(15)22)13-7-5-4-6-8-13/h4-10H,1-3H3,(H,18,21). The van der Waals surface area contributed by atoms with Crippen molar-refractivity contribution in [2.75, 3.05) is 5.32 Å². The summed E-state index contributed by atoms with van der Waals surface area (Å²) in [5.74, 6) is 0.377. The van der Waals surface area contributed by atoms with Crippen molar-refractivity contribution >= 4 is 11.6 Å². The molecule has 118 valence electrons. The van der Waals surface area contributed by atoms with Gasteiger partial charge in [0.1, 0.15) is 11.4 Å². The summed E-state index contributed by atoms with van der Waals surface area (Å²) in [6.45, 7) is 3.54. The largest absolute Gasteiger partial charge is 0.456 e. The first-order chi connectivity index (χ1) is 11.0. The lowest BCUT2D eigenvalue weighted by atomic mass is 10.3. The second-order valence-electron chi connectivity index (χ2n) is 5.30. The molecule has 0 unspecified atom stereocenters. The lowest BCUT2D eigenvalue weighted by Gasteiger charge is -2.07. The summed E-state index contributed by atoms with van der Waals surface area (Å²) in [7, 11) is 1.77. The summed E-state index contributed by atoms with van der Waals surface area (Å²) in [4.78, 5) is 24.9. The van der Waals surface area contributed by atoms with Gasteiger partial charge in [-0.25, -0.2) is 4.68 Å². The number of amides is 1. The van der Waals surface area contributed by atoms with Gasteiger partial charge in [-0.05, 0) is 38.1 Å². The van der Waals surface area contributed by atoms with Crippen molar-refractivity contribution in [2.45, 2.75) is 13.8 Å². The van der Waals surface area contributed by atoms with Crippen molar-refractivity contribution in [1.82, 2.24) is 9.36 Å². The van der Waals surface area contributed by atoms with Gasteiger partial charge >= 0.3 is 0 Å². The van der Waals surface area contributed by atoms with E-state index in [9.17, 15) is 9.59 Å². The molecule has 1 N–H and O–H groups in total. The number of benzene rings is 1. The number of aryl methyl sites for hydroxylation is 1. The molecule has 1 aromatic carbocycles. The van der Waals surface area contributed by atoms with Crippen LogP contribution in [0.1, 0.15) is 22.0 Å². The van der Waals surface area contributed by atoms with Gasteiger partial charge in [0.15, 0.2) is 5.76 Å². The van der Waals surface area contributed by atoms with E-state index in [0.717, 1.165) is 5.69 Å². The van der Waals surface area contributed by atoms with Crippen molar-refractivity contribution in [3.8, 4) is 5.69 Å². The molecule has 0 saturated carbocycles. The zero-order valence-electron chi connectivity index (χ0n) is 13.2. The van der Waals surface area contributed by atoms with Gasteiger partial charge in [0.2, 0.25) is 0 Å². The Bertz CT molecular complexity index is 916. The number of carbonyl (C=O) groups is 1. The van der Waals surface area contributed by atoms with Crippen molar-refractivity contribution in [2.24, 2.45) is 7.05 Å². The van der Waals surface area contributed by atoms with E-state index >= 15 is 0 Å². The number of nitrogens with zero attached hydrogens (tertiary/aromatic N) is 2. The molecule has 0 saturated heterocycles. The Balaban J connectivity index is 2.01. The predicted molar refractivity (Wildman–Crippen MR) is 87.1 cm³/mol. The number of para-hydroxylation sites is 1. The third-order valence-electron chi connectivity index (χ3n) is 3.76. The van der Waals surface area contributed by atoms with Gasteiger partial charge in [-0.1, -0.05) is 18.2 Å². The molecule has 6 heteroatoms. The highest BCUT2D eigenvalue weighted by Gasteiger charge is 2.19. The van der Waals surface area contributed by atoms with E-state index in [0.29, 0.717) is 11.5 Å². The number of hydrogen-bond acceptors (Lipinski definition) is 3. The fourth-order valence-electron chi connectivity index (χ4n) is 2.44. The molecule has 2 heterocycles. The van der Waals surface area contributed by atoms with Crippen LogP contribution in [0.3, 0.4) is 0 Å². The maximum atomic E-state index is 12.7. The van der Waals surface area contributed by atoms with Crippen LogP contribution in [0.4, 0.5) is 5.69 Å². The molecule has 23 heavy (non-hydrogen) atoms. The fraction of sp³-hybridized carbons (Fsp3) is 0.176. The van der Waals surface area contributed by atoms with Gasteiger partial charge in [0.25, 0.3) is 11.5 Å². The Hall–Kier alpha value is -3.02. The molecule has 2 aromatic heterocycles. The SMILES string of the molecule is Cc1ccc(C(=O)Nc2c(C)n(C)n(-c3ccccc3)c2=O)o1. The Labute approximate surface area is 132 Å². The molecule has 0 aliphatic heterocycles. The van der Waals surface area contributed by atoms with Gasteiger partial charge in [-0.2, -0.15) is 0 Å². The van der Waals surface area contributed by atoms with Gasteiger partial charge in [0.05, 0.1) is 11.4 Å². The molecule has 3 aromatic rings. The Kier molecular flexibility index (Phi) is 3.65. The molecule has 0 radical (unpaired) electrons. The number of aromatic nitrogens is 2. The normalized spacial score (nSPS) is 10.7. The van der Waals surface area contributed by atoms with E-state index in [1.165, 1.54) is 4.68 Å². The van der Waals surface area contributed by atoms with Gasteiger partial charge in [-0.15, -0.1) is 0 Å². The van der Waals surface area contributed by atoms with Crippen LogP contribution in [0.15, 0.2) is 51.7 Å². The summed E-state index contributed by atoms with van der Waals surface area (Å²) >= 11 is 0. The molecule has 0 bridgehead atoms. The summed E-state index contributed by atoms with van der Waals surface area (Å²) < 4.78 is 8.51. The van der Waals surface area contributed by atoms with Crippen LogP contribution in [0, 0.1) is 13.8 Å². The minimum absolute atomic E-state index is 0.177. The number of carbonyl (C=O) groups excluding carboxylic acids is 1. The Morgan fingerprint density at radius 2 is 1.78 bits per heavy atom. The molecule has 0 spiro atoms. The minimum atomic E-state index is -0.441. The lowest BCUT2D eigenvalue weighted by molar-refractivity contribution is 0.0995. The van der Waals surface area contributed by atoms with Crippen molar-refractivity contribution in [3.63, 3.8) is 0 Å². The molecule has 0 aliphatic carbocycles. The smallest absolute Gasteiger partial charge is 0.295 e. The first kappa shape index (κ1) is 14.9. The van der Waals surface area contributed by atoms with Crippen LogP contribution in [-0.2, 0) is 7.05 Å². The highest BCUT2D eigenvalue weighted by Crippen LogP contribution is 2.15. The zero-order valence-corrected chi connectivity index (χ0v) is 13.2. The molecule has 0 atom stereocenters. The second kappa shape index (κ2) is 5.64. The minimum Gasteiger partial charge on any atom is -0.456 e. The Morgan fingerprint density at radius 1 is 1.09 bits per heavy atom. The molecule has 6 nitrogen and oxygen atoms in total. The highest BCUT2D eigenvalue weighted by molar-refractivity contribution is 6.02. The topological polar surface area (TPSA) is 69.2 Å². The molecule has 0 aliphatic rings. The Morgan fingerprint density at radius 3 is 2.39 bits per heavy atom. The van der Waals surface area contributed by atoms with Crippen molar-refractivity contribution in [3.05, 3.63) is 70.0 Å². The predicted octanol–water partition coefficient (Wildman–Crippen LogP) is 2.64. The van der Waals surface area contributed by atoms with Crippen LogP contribution >= 0.6 is 0 Å². The van der Waals surface area contributed by atoms with E-state index in [1.807, 2.05) is 30.3 Å². The van der Waals surface area contributed by atoms with E-state index in [-0.39, 0.29) is 17.0 Å². The number of furan rings is 1. The third-order valence-corrected chi connectivity index (χ3v) is 3.76. The number of anilines is 1. The quantitative estimate of drug-likeness (QED) is 0.808. The van der Waals surface area contributed by atoms with Crippen LogP contribution < -0.4 is 10.9 Å². The molecular formula is C17H17N3O3. The maximum absolute atomic E-state index is 12.7. The summed E-state index contributed by atoms with van der Waals surface area (Å²) in [5.41, 5.74) is 1.36. The number of rotatable bonds is 3. The van der Waals surface area contributed by atoms with E-state index < -0.39 is 5.91 Å². The lowest BCUT2D eigenvalue weighted by Crippen LogP contribution is -2.22. The first-order valence-electron chi connectivity index (χ1n) is 7.21. The third kappa shape index (κ3) is 2.59. The zero-order chi connectivity index (χ0) is 16.6. The monoisotopic (exact) mass is 311 g/mol. The summed E-state index contributed by atoms with van der Waals surface area (Å²) in [6, 6.07) is 12.5. The molecule has 0 fully saturated rings. The first-order valence-corrected chi connectivity index (χ1v) is 7.21. The average Bonchev–Trinajstić information content (AvgIpc) is 3.06. The van der Waals surface area contributed by atoms with Crippen LogP contribution in [0.25, 0.3) is 5.69 Å². The molecule has 3 rings (SSSR count). The summed E-state index contributed by atoms with van der Waals surface area (Å²) in [5, 5.41) is 2.65. The second-order valence-corrected chi connectivity index (χ2v) is 5.30. The average molecular weight is 311 g/mol. The van der Waals surface area contributed by atoms with Gasteiger partial charge < -0.3 is 9.73 Å². The van der Waals surface area contributed by atoms with Crippen LogP contribution in [-0.4, -0.2) is 15.3 Å². The maximum Gasteiger partial charge on any atom is 0.295 e. The number of nitrogens with one attached hydrogen (secondary N) is 1. The molecule has 1 amide bonds. The fourth-order valence-corrected chi connectivity index (χ4v) is 2.44. The van der Waals surface area contributed by atoms with Crippen LogP contribution in [0.5, 0.6) is 0 Å². The van der Waals surface area contributed by atoms with Crippen LogP contribution in [0.2, 0.25) is 0 Å². The van der Waals surface area contributed by atoms with Crippen molar-refractivity contribution in [1.29, 1.82) is 0 Å². The van der Waals surface area contributed by atoms with E-state index in [1.54, 1.807) is 37.7 Å². The number of hydrogen-bond donors (Lipinski definition) is 1.